The molecule has 1 N–H and O–H groups in total. The third-order valence-corrected chi connectivity index (χ3v) is 3.79. The highest BCUT2D eigenvalue weighted by molar-refractivity contribution is 9.10. The predicted octanol–water partition coefficient (Wildman–Crippen LogP) is 0.553. The number of nitrogens with one attached hydrogen (secondary N) is 1. The van der Waals surface area contributed by atoms with Crippen molar-refractivity contribution in [3.63, 3.8) is 0 Å². The summed E-state index contributed by atoms with van der Waals surface area (Å²) in [5.41, 5.74) is 0.656. The average Bonchev–Trinajstić information content (AvgIpc) is 2.22. The van der Waals surface area contributed by atoms with Crippen molar-refractivity contribution in [2.45, 2.75) is 13.5 Å². The van der Waals surface area contributed by atoms with Crippen molar-refractivity contribution >= 4 is 25.8 Å². The van der Waals surface area contributed by atoms with Gasteiger partial charge in [-0.15, -0.1) is 0 Å². The molecule has 1 aromatic rings. The topological polar surface area (TPSA) is 68.2 Å². The molecule has 18 heavy (non-hydrogen) atoms. The van der Waals surface area contributed by atoms with Gasteiger partial charge in [-0.2, -0.15) is 0 Å². The van der Waals surface area contributed by atoms with E-state index in [-0.39, 0.29) is 11.3 Å². The van der Waals surface area contributed by atoms with E-state index in [0.29, 0.717) is 25.2 Å². The molecule has 0 aliphatic carbocycles. The van der Waals surface area contributed by atoms with Gasteiger partial charge in [-0.05, 0) is 28.9 Å². The molecule has 0 saturated heterocycles. The largest absolute Gasteiger partial charge is 0.314 e. The lowest BCUT2D eigenvalue weighted by Crippen LogP contribution is -2.30. The predicted molar refractivity (Wildman–Crippen MR) is 75.7 cm³/mol. The first-order valence-electron chi connectivity index (χ1n) is 5.54. The van der Waals surface area contributed by atoms with Crippen molar-refractivity contribution in [1.29, 1.82) is 0 Å². The smallest absolute Gasteiger partial charge is 0.253 e. The van der Waals surface area contributed by atoms with Crippen LogP contribution in [0, 0.1) is 6.92 Å². The zero-order chi connectivity index (χ0) is 13.8. The number of rotatable bonds is 6. The number of sulfone groups is 1. The van der Waals surface area contributed by atoms with E-state index in [1.165, 1.54) is 6.26 Å². The highest BCUT2D eigenvalue weighted by Crippen LogP contribution is 2.07. The number of aryl methyl sites for hydroxylation is 1. The molecule has 0 bridgehead atoms. The van der Waals surface area contributed by atoms with Gasteiger partial charge in [0, 0.05) is 42.1 Å². The second-order valence-electron chi connectivity index (χ2n) is 4.22. The van der Waals surface area contributed by atoms with Crippen molar-refractivity contribution in [2.75, 3.05) is 25.1 Å². The van der Waals surface area contributed by atoms with E-state index in [9.17, 15) is 13.2 Å². The number of pyridine rings is 1. The second-order valence-corrected chi connectivity index (χ2v) is 7.40. The number of hydrogen-bond acceptors (Lipinski definition) is 4. The standard InChI is InChI=1S/C11H17BrN2O3S/c1-9-7-10(12)8-14(11(9)15)5-3-13-4-6-18(2,16)17/h7-8,13H,3-6H2,1-2H3. The minimum atomic E-state index is -2.93. The monoisotopic (exact) mass is 336 g/mol. The molecule has 0 aromatic carbocycles. The molecule has 102 valence electrons. The Labute approximate surface area is 115 Å². The van der Waals surface area contributed by atoms with Gasteiger partial charge >= 0.3 is 0 Å². The van der Waals surface area contributed by atoms with Gasteiger partial charge in [-0.1, -0.05) is 0 Å². The Bertz CT molecular complexity index is 566. The molecule has 0 aliphatic rings. The van der Waals surface area contributed by atoms with E-state index < -0.39 is 9.84 Å². The first-order valence-corrected chi connectivity index (χ1v) is 8.40. The summed E-state index contributed by atoms with van der Waals surface area (Å²) < 4.78 is 24.3. The van der Waals surface area contributed by atoms with Crippen LogP contribution in [0.2, 0.25) is 0 Å². The molecule has 0 aliphatic heterocycles. The summed E-state index contributed by atoms with van der Waals surface area (Å²) in [7, 11) is -2.93. The van der Waals surface area contributed by atoms with E-state index in [4.69, 9.17) is 0 Å². The molecule has 0 saturated carbocycles. The number of halogens is 1. The summed E-state index contributed by atoms with van der Waals surface area (Å²) in [6, 6.07) is 1.77. The Kier molecular flexibility index (Phi) is 5.55. The Morgan fingerprint density at radius 3 is 2.67 bits per heavy atom. The molecule has 0 atom stereocenters. The van der Waals surface area contributed by atoms with Crippen LogP contribution in [-0.4, -0.2) is 38.1 Å². The Balaban J connectivity index is 2.48. The van der Waals surface area contributed by atoms with Crippen LogP contribution in [0.3, 0.4) is 0 Å². The van der Waals surface area contributed by atoms with E-state index in [1.54, 1.807) is 23.8 Å². The van der Waals surface area contributed by atoms with Gasteiger partial charge in [0.05, 0.1) is 5.75 Å². The molecule has 0 fully saturated rings. The van der Waals surface area contributed by atoms with Gasteiger partial charge in [-0.25, -0.2) is 8.42 Å². The second kappa shape index (κ2) is 6.49. The van der Waals surface area contributed by atoms with Crippen LogP contribution >= 0.6 is 15.9 Å². The fraction of sp³-hybridized carbons (Fsp3) is 0.545. The van der Waals surface area contributed by atoms with Gasteiger partial charge in [-0.3, -0.25) is 4.79 Å². The summed E-state index contributed by atoms with van der Waals surface area (Å²) in [5.74, 6) is 0.111. The van der Waals surface area contributed by atoms with Crippen molar-refractivity contribution < 1.29 is 8.42 Å². The zero-order valence-corrected chi connectivity index (χ0v) is 12.8. The van der Waals surface area contributed by atoms with E-state index in [0.717, 1.165) is 4.47 Å². The Morgan fingerprint density at radius 1 is 1.39 bits per heavy atom. The van der Waals surface area contributed by atoms with E-state index >= 15 is 0 Å². The van der Waals surface area contributed by atoms with Gasteiger partial charge in [0.15, 0.2) is 0 Å². The maximum atomic E-state index is 11.8. The molecule has 1 heterocycles. The van der Waals surface area contributed by atoms with Crippen LogP contribution in [0.15, 0.2) is 21.5 Å². The molecule has 0 spiro atoms. The van der Waals surface area contributed by atoms with Gasteiger partial charge in [0.25, 0.3) is 5.56 Å². The molecule has 5 nitrogen and oxygen atoms in total. The van der Waals surface area contributed by atoms with E-state index in [2.05, 4.69) is 21.2 Å². The van der Waals surface area contributed by atoms with Crippen molar-refractivity contribution in [1.82, 2.24) is 9.88 Å². The normalized spacial score (nSPS) is 11.7. The number of nitrogens with zero attached hydrogens (tertiary/aromatic N) is 1. The molecule has 0 amide bonds. The summed E-state index contributed by atoms with van der Waals surface area (Å²) in [6.07, 6.45) is 2.93. The molecular formula is C11H17BrN2O3S. The summed E-state index contributed by atoms with van der Waals surface area (Å²) in [5, 5.41) is 3.00. The van der Waals surface area contributed by atoms with E-state index in [1.807, 2.05) is 0 Å². The lowest BCUT2D eigenvalue weighted by Gasteiger charge is -2.08. The maximum Gasteiger partial charge on any atom is 0.253 e. The van der Waals surface area contributed by atoms with Crippen LogP contribution in [-0.2, 0) is 16.4 Å². The quantitative estimate of drug-likeness (QED) is 0.770. The lowest BCUT2D eigenvalue weighted by atomic mass is 10.3. The van der Waals surface area contributed by atoms with Gasteiger partial charge in [0.2, 0.25) is 0 Å². The molecule has 1 rings (SSSR count). The summed E-state index contributed by atoms with van der Waals surface area (Å²) in [4.78, 5) is 11.8. The molecule has 0 radical (unpaired) electrons. The first-order chi connectivity index (χ1) is 8.29. The van der Waals surface area contributed by atoms with Crippen LogP contribution in [0.1, 0.15) is 5.56 Å². The van der Waals surface area contributed by atoms with Crippen molar-refractivity contribution in [3.05, 3.63) is 32.7 Å². The van der Waals surface area contributed by atoms with Crippen LogP contribution in [0.4, 0.5) is 0 Å². The van der Waals surface area contributed by atoms with Crippen molar-refractivity contribution in [3.8, 4) is 0 Å². The summed E-state index contributed by atoms with van der Waals surface area (Å²) in [6.45, 7) is 3.25. The zero-order valence-electron chi connectivity index (χ0n) is 10.4. The average molecular weight is 337 g/mol. The third-order valence-electron chi connectivity index (χ3n) is 2.41. The first kappa shape index (κ1) is 15.4. The minimum absolute atomic E-state index is 0.0249. The fourth-order valence-corrected chi connectivity index (χ4v) is 2.59. The lowest BCUT2D eigenvalue weighted by molar-refractivity contribution is 0.580. The Hall–Kier alpha value is -0.660. The van der Waals surface area contributed by atoms with Crippen LogP contribution in [0.5, 0.6) is 0 Å². The highest BCUT2D eigenvalue weighted by atomic mass is 79.9. The number of hydrogen-bond donors (Lipinski definition) is 1. The SMILES string of the molecule is Cc1cc(Br)cn(CCNCCS(C)(=O)=O)c1=O. The van der Waals surface area contributed by atoms with Crippen molar-refractivity contribution in [2.24, 2.45) is 0 Å². The Morgan fingerprint density at radius 2 is 2.06 bits per heavy atom. The molecule has 0 unspecified atom stereocenters. The maximum absolute atomic E-state index is 11.8. The number of aromatic nitrogens is 1. The summed E-state index contributed by atoms with van der Waals surface area (Å²) >= 11 is 3.34. The van der Waals surface area contributed by atoms with Gasteiger partial charge < -0.3 is 9.88 Å². The minimum Gasteiger partial charge on any atom is -0.314 e. The molecule has 1 aromatic heterocycles. The van der Waals surface area contributed by atoms with Gasteiger partial charge in [0.1, 0.15) is 9.84 Å². The van der Waals surface area contributed by atoms with Crippen LogP contribution in [0.25, 0.3) is 0 Å². The fourth-order valence-electron chi connectivity index (χ4n) is 1.49. The molecular weight excluding hydrogens is 320 g/mol. The highest BCUT2D eigenvalue weighted by Gasteiger charge is 2.03. The van der Waals surface area contributed by atoms with Crippen LogP contribution < -0.4 is 10.9 Å². The molecule has 7 heteroatoms. The third kappa shape index (κ3) is 5.32.